The molecule has 0 saturated carbocycles. The first-order valence-corrected chi connectivity index (χ1v) is 11.6. The number of carbonyl (C=O) groups excluding carboxylic acids is 1. The van der Waals surface area contributed by atoms with Gasteiger partial charge in [-0.1, -0.05) is 0 Å². The molecule has 1 fully saturated rings. The zero-order valence-corrected chi connectivity index (χ0v) is 19.1. The van der Waals surface area contributed by atoms with E-state index in [-0.39, 0.29) is 35.8 Å². The number of nitrogens with zero attached hydrogens (tertiary/aromatic N) is 2. The van der Waals surface area contributed by atoms with Crippen LogP contribution >= 0.6 is 0 Å². The Balaban J connectivity index is 1.71. The summed E-state index contributed by atoms with van der Waals surface area (Å²) in [6, 6.07) is 7.33. The summed E-state index contributed by atoms with van der Waals surface area (Å²) < 4.78 is 59.6. The fourth-order valence-corrected chi connectivity index (χ4v) is 5.26. The molecule has 0 radical (unpaired) electrons. The number of carbonyl (C=O) groups is 2. The van der Waals surface area contributed by atoms with Crippen molar-refractivity contribution in [1.82, 2.24) is 9.21 Å². The lowest BCUT2D eigenvalue weighted by Crippen LogP contribution is -2.59. The number of sulfonamides is 1. The average Bonchev–Trinajstić information content (AvgIpc) is 2.75. The van der Waals surface area contributed by atoms with Gasteiger partial charge in [0.1, 0.15) is 5.75 Å². The maximum Gasteiger partial charge on any atom is 0.335 e. The van der Waals surface area contributed by atoms with Gasteiger partial charge >= 0.3 is 5.97 Å². The van der Waals surface area contributed by atoms with Gasteiger partial charge < -0.3 is 14.7 Å². The Morgan fingerprint density at radius 1 is 1.06 bits per heavy atom. The van der Waals surface area contributed by atoms with E-state index in [0.29, 0.717) is 0 Å². The molecule has 0 aliphatic carbocycles. The van der Waals surface area contributed by atoms with Gasteiger partial charge in [-0.2, -0.15) is 4.31 Å². The first kappa shape index (κ1) is 24.6. The van der Waals surface area contributed by atoms with Crippen LogP contribution in [0.3, 0.4) is 0 Å². The molecule has 11 heteroatoms. The Hall–Kier alpha value is -3.05. The second kappa shape index (κ2) is 9.06. The van der Waals surface area contributed by atoms with E-state index in [1.165, 1.54) is 53.4 Å². The van der Waals surface area contributed by atoms with Crippen LogP contribution in [0.25, 0.3) is 0 Å². The summed E-state index contributed by atoms with van der Waals surface area (Å²) in [6.45, 7) is 4.86. The van der Waals surface area contributed by atoms with Crippen LogP contribution < -0.4 is 4.74 Å². The Morgan fingerprint density at radius 2 is 1.70 bits per heavy atom. The van der Waals surface area contributed by atoms with Gasteiger partial charge in [0, 0.05) is 31.7 Å². The van der Waals surface area contributed by atoms with Gasteiger partial charge in [-0.3, -0.25) is 4.79 Å². The van der Waals surface area contributed by atoms with Crippen molar-refractivity contribution in [1.29, 1.82) is 0 Å². The van der Waals surface area contributed by atoms with Crippen LogP contribution in [0.4, 0.5) is 8.78 Å². The number of carboxylic acids is 1. The summed E-state index contributed by atoms with van der Waals surface area (Å²) >= 11 is 0. The smallest absolute Gasteiger partial charge is 0.335 e. The summed E-state index contributed by atoms with van der Waals surface area (Å²) in [5, 5.41) is 8.99. The van der Waals surface area contributed by atoms with E-state index in [1.54, 1.807) is 6.92 Å². The van der Waals surface area contributed by atoms with E-state index in [0.717, 1.165) is 12.1 Å². The first-order chi connectivity index (χ1) is 15.3. The fourth-order valence-electron chi connectivity index (χ4n) is 3.65. The summed E-state index contributed by atoms with van der Waals surface area (Å²) in [6.07, 6.45) is 0. The van der Waals surface area contributed by atoms with E-state index in [4.69, 9.17) is 9.84 Å². The van der Waals surface area contributed by atoms with Gasteiger partial charge in [-0.05, 0) is 57.2 Å². The summed E-state index contributed by atoms with van der Waals surface area (Å²) in [5.41, 5.74) is -1.43. The molecule has 1 atom stereocenters. The third kappa shape index (κ3) is 5.14. The molecule has 1 aliphatic rings. The molecule has 3 rings (SSSR count). The number of hydrogen-bond donors (Lipinski definition) is 1. The maximum absolute atomic E-state index is 13.5. The molecule has 1 aliphatic heterocycles. The SMILES string of the molecule is CC1CN(C(=O)C(C)(C)Oc2ccc(F)c(F)c2)CCN1S(=O)(=O)c1ccc(C(=O)O)cc1. The predicted octanol–water partition coefficient (Wildman–Crippen LogP) is 2.74. The second-order valence-corrected chi connectivity index (χ2v) is 10.1. The van der Waals surface area contributed by atoms with Gasteiger partial charge in [0.05, 0.1) is 10.5 Å². The Morgan fingerprint density at radius 3 is 2.24 bits per heavy atom. The van der Waals surface area contributed by atoms with Crippen LogP contribution in [0.2, 0.25) is 0 Å². The highest BCUT2D eigenvalue weighted by atomic mass is 32.2. The molecular weight excluding hydrogens is 458 g/mol. The molecule has 1 saturated heterocycles. The average molecular weight is 483 g/mol. The van der Waals surface area contributed by atoms with Crippen LogP contribution in [0.5, 0.6) is 5.75 Å². The number of halogens is 2. The lowest BCUT2D eigenvalue weighted by molar-refractivity contribution is -0.147. The molecule has 178 valence electrons. The number of rotatable bonds is 6. The quantitative estimate of drug-likeness (QED) is 0.679. The van der Waals surface area contributed by atoms with Crippen LogP contribution in [0, 0.1) is 11.6 Å². The Labute approximate surface area is 190 Å². The Kier molecular flexibility index (Phi) is 6.75. The predicted molar refractivity (Wildman–Crippen MR) is 114 cm³/mol. The zero-order chi connectivity index (χ0) is 24.6. The molecule has 0 aromatic heterocycles. The van der Waals surface area contributed by atoms with Crippen molar-refractivity contribution in [3.05, 3.63) is 59.7 Å². The lowest BCUT2D eigenvalue weighted by Gasteiger charge is -2.41. The molecule has 1 unspecified atom stereocenters. The number of benzene rings is 2. The number of hydrogen-bond acceptors (Lipinski definition) is 5. The number of carboxylic acid groups (broad SMARTS) is 1. The molecule has 1 amide bonds. The molecule has 2 aromatic carbocycles. The highest BCUT2D eigenvalue weighted by Gasteiger charge is 2.40. The fraction of sp³-hybridized carbons (Fsp3) is 0.364. The maximum atomic E-state index is 13.5. The van der Waals surface area contributed by atoms with E-state index < -0.39 is 45.2 Å². The first-order valence-electron chi connectivity index (χ1n) is 10.1. The third-order valence-corrected chi connectivity index (χ3v) is 7.37. The van der Waals surface area contributed by atoms with Crippen molar-refractivity contribution >= 4 is 21.9 Å². The summed E-state index contributed by atoms with van der Waals surface area (Å²) in [5.74, 6) is -3.73. The van der Waals surface area contributed by atoms with Gasteiger partial charge in [-0.25, -0.2) is 22.0 Å². The van der Waals surface area contributed by atoms with E-state index in [2.05, 4.69) is 0 Å². The van der Waals surface area contributed by atoms with Crippen molar-refractivity contribution in [2.24, 2.45) is 0 Å². The normalized spacial score (nSPS) is 17.6. The molecule has 2 aromatic rings. The Bertz CT molecular complexity index is 1170. The molecule has 33 heavy (non-hydrogen) atoms. The second-order valence-electron chi connectivity index (χ2n) is 8.23. The lowest BCUT2D eigenvalue weighted by atomic mass is 10.1. The highest BCUT2D eigenvalue weighted by molar-refractivity contribution is 7.89. The van der Waals surface area contributed by atoms with E-state index >= 15 is 0 Å². The molecule has 0 spiro atoms. The number of ether oxygens (including phenoxy) is 1. The van der Waals surface area contributed by atoms with Gasteiger partial charge in [0.25, 0.3) is 5.91 Å². The van der Waals surface area contributed by atoms with E-state index in [9.17, 15) is 26.8 Å². The molecule has 1 N–H and O–H groups in total. The number of amides is 1. The minimum Gasteiger partial charge on any atom is -0.478 e. The zero-order valence-electron chi connectivity index (χ0n) is 18.3. The van der Waals surface area contributed by atoms with Crippen molar-refractivity contribution in [2.45, 2.75) is 37.3 Å². The topological polar surface area (TPSA) is 104 Å². The van der Waals surface area contributed by atoms with Gasteiger partial charge in [0.15, 0.2) is 17.2 Å². The third-order valence-electron chi connectivity index (χ3n) is 5.34. The molecule has 0 bridgehead atoms. The largest absolute Gasteiger partial charge is 0.478 e. The molecule has 1 heterocycles. The molecular formula is C22H24F2N2O6S. The van der Waals surface area contributed by atoms with Crippen LogP contribution in [0.15, 0.2) is 47.4 Å². The van der Waals surface area contributed by atoms with Crippen LogP contribution in [-0.2, 0) is 14.8 Å². The van der Waals surface area contributed by atoms with E-state index in [1.807, 2.05) is 0 Å². The minimum absolute atomic E-state index is 0.00804. The van der Waals surface area contributed by atoms with Crippen molar-refractivity contribution in [3.8, 4) is 5.75 Å². The van der Waals surface area contributed by atoms with Gasteiger partial charge in [-0.15, -0.1) is 0 Å². The number of aromatic carboxylic acids is 1. The standard InChI is InChI=1S/C22H24F2N2O6S/c1-14-13-25(21(29)22(2,3)32-16-6-9-18(23)19(24)12-16)10-11-26(14)33(30,31)17-7-4-15(5-8-17)20(27)28/h4-9,12,14H,10-11,13H2,1-3H3,(H,27,28). The van der Waals surface area contributed by atoms with Gasteiger partial charge in [0.2, 0.25) is 10.0 Å². The molecule has 8 nitrogen and oxygen atoms in total. The number of piperazine rings is 1. The van der Waals surface area contributed by atoms with Crippen LogP contribution in [-0.4, -0.2) is 65.9 Å². The van der Waals surface area contributed by atoms with Crippen LogP contribution in [0.1, 0.15) is 31.1 Å². The van der Waals surface area contributed by atoms with Crippen molar-refractivity contribution < 1.29 is 36.6 Å². The minimum atomic E-state index is -3.90. The summed E-state index contributed by atoms with van der Waals surface area (Å²) in [4.78, 5) is 25.5. The van der Waals surface area contributed by atoms with Crippen molar-refractivity contribution in [3.63, 3.8) is 0 Å². The van der Waals surface area contributed by atoms with Crippen molar-refractivity contribution in [2.75, 3.05) is 19.6 Å². The summed E-state index contributed by atoms with van der Waals surface area (Å²) in [7, 11) is -3.90. The monoisotopic (exact) mass is 482 g/mol. The highest BCUT2D eigenvalue weighted by Crippen LogP contribution is 2.26.